The smallest absolute Gasteiger partial charge is 0.310 e. The molecule has 2 aliphatic carbocycles. The Hall–Kier alpha value is -3.04. The largest absolute Gasteiger partial charge is 0.455 e. The molecule has 8 atom stereocenters. The predicted molar refractivity (Wildman–Crippen MR) is 141 cm³/mol. The van der Waals surface area contributed by atoms with Crippen LogP contribution in [0.3, 0.4) is 0 Å². The Balaban J connectivity index is 1.35. The van der Waals surface area contributed by atoms with Crippen molar-refractivity contribution in [1.82, 2.24) is 0 Å². The van der Waals surface area contributed by atoms with E-state index in [0.717, 1.165) is 24.0 Å². The molecule has 0 unspecified atom stereocenters. The van der Waals surface area contributed by atoms with Crippen LogP contribution in [0.4, 0.5) is 0 Å². The maximum Gasteiger partial charge on any atom is 0.310 e. The predicted octanol–water partition coefficient (Wildman–Crippen LogP) is 4.22. The second-order valence-corrected chi connectivity index (χ2v) is 10.4. The molecule has 0 amide bonds. The molecule has 0 aromatic heterocycles. The molecule has 2 fully saturated rings. The Morgan fingerprint density at radius 1 is 0.846 bits per heavy atom. The van der Waals surface area contributed by atoms with E-state index in [2.05, 4.69) is 12.2 Å². The third-order valence-electron chi connectivity index (χ3n) is 7.64. The van der Waals surface area contributed by atoms with Gasteiger partial charge in [-0.3, -0.25) is 9.59 Å². The number of fused-ring (bicyclic) bond motifs is 2. The summed E-state index contributed by atoms with van der Waals surface area (Å²) in [5.74, 6) is -0.501. The zero-order chi connectivity index (χ0) is 27.2. The van der Waals surface area contributed by atoms with E-state index >= 15 is 0 Å². The van der Waals surface area contributed by atoms with Crippen molar-refractivity contribution in [3.05, 3.63) is 83.9 Å². The second kappa shape index (κ2) is 12.9. The summed E-state index contributed by atoms with van der Waals surface area (Å²) in [4.78, 5) is 25.6. The first kappa shape index (κ1) is 27.5. The van der Waals surface area contributed by atoms with Gasteiger partial charge in [0.2, 0.25) is 0 Å². The molecule has 1 aliphatic heterocycles. The number of carbonyl (C=O) groups is 2. The number of carbonyl (C=O) groups excluding carboxylic acids is 2. The molecule has 39 heavy (non-hydrogen) atoms. The van der Waals surface area contributed by atoms with Crippen LogP contribution in [-0.2, 0) is 51.2 Å². The summed E-state index contributed by atoms with van der Waals surface area (Å²) < 4.78 is 36.1. The molecule has 5 rings (SSSR count). The van der Waals surface area contributed by atoms with Crippen LogP contribution >= 0.6 is 0 Å². The number of hydrogen-bond acceptors (Lipinski definition) is 8. The molecule has 1 saturated carbocycles. The normalized spacial score (nSPS) is 31.2. The van der Waals surface area contributed by atoms with E-state index in [1.807, 2.05) is 60.7 Å². The number of hydrogen-bond donors (Lipinski definition) is 0. The average Bonchev–Trinajstić information content (AvgIpc) is 3.59. The molecule has 8 nitrogen and oxygen atoms in total. The highest BCUT2D eigenvalue weighted by Crippen LogP contribution is 2.44. The fourth-order valence-corrected chi connectivity index (χ4v) is 5.76. The Labute approximate surface area is 229 Å². The van der Waals surface area contributed by atoms with Gasteiger partial charge in [-0.1, -0.05) is 72.8 Å². The molecule has 2 aromatic rings. The Morgan fingerprint density at radius 2 is 1.54 bits per heavy atom. The minimum Gasteiger partial charge on any atom is -0.455 e. The van der Waals surface area contributed by atoms with Gasteiger partial charge in [0.05, 0.1) is 25.7 Å². The summed E-state index contributed by atoms with van der Waals surface area (Å²) in [6, 6.07) is 19.5. The van der Waals surface area contributed by atoms with Crippen molar-refractivity contribution in [3.63, 3.8) is 0 Å². The van der Waals surface area contributed by atoms with Gasteiger partial charge in [-0.15, -0.1) is 0 Å². The highest BCUT2D eigenvalue weighted by atomic mass is 16.7. The number of esters is 2. The van der Waals surface area contributed by atoms with Crippen LogP contribution in [0, 0.1) is 17.8 Å². The quantitative estimate of drug-likeness (QED) is 0.312. The monoisotopic (exact) mass is 536 g/mol. The first-order valence-electron chi connectivity index (χ1n) is 13.5. The molecule has 3 aliphatic rings. The number of ether oxygens (including phenoxy) is 6. The SMILES string of the molecule is CO[C@H]1O[C@H](COCc2ccccc2)[C@@H](OCc2ccccc2)[C@H](OC(C)=O)[C@@H]1OC(=O)[C@@H]1C[C@@H]2C=C[C@H]1C2. The fraction of sp³-hybridized carbons (Fsp3) is 0.484. The van der Waals surface area contributed by atoms with Crippen LogP contribution in [0.5, 0.6) is 0 Å². The second-order valence-electron chi connectivity index (χ2n) is 10.4. The summed E-state index contributed by atoms with van der Waals surface area (Å²) in [6.45, 7) is 2.10. The summed E-state index contributed by atoms with van der Waals surface area (Å²) in [6.07, 6.45) is 1.66. The van der Waals surface area contributed by atoms with Gasteiger partial charge in [0.1, 0.15) is 12.2 Å². The van der Waals surface area contributed by atoms with Crippen molar-refractivity contribution < 1.29 is 38.0 Å². The van der Waals surface area contributed by atoms with Crippen molar-refractivity contribution in [2.24, 2.45) is 17.8 Å². The van der Waals surface area contributed by atoms with Gasteiger partial charge in [0, 0.05) is 14.0 Å². The van der Waals surface area contributed by atoms with Crippen LogP contribution < -0.4 is 0 Å². The molecular weight excluding hydrogens is 500 g/mol. The molecule has 0 N–H and O–H groups in total. The standard InChI is InChI=1S/C31H36O8/c1-20(32)37-28-27(36-18-22-11-7-4-8-12-22)26(19-35-17-21-9-5-3-6-10-21)38-31(34-2)29(28)39-30(33)25-16-23-13-14-24(25)15-23/h3-14,23-29,31H,15-19H2,1-2H3/t23-,24+,25-,26-,27-,28+,29+,31+/m1/s1. The molecule has 2 bridgehead atoms. The van der Waals surface area contributed by atoms with Crippen molar-refractivity contribution in [2.75, 3.05) is 13.7 Å². The Morgan fingerprint density at radius 3 is 2.13 bits per heavy atom. The van der Waals surface area contributed by atoms with E-state index in [0.29, 0.717) is 12.5 Å². The van der Waals surface area contributed by atoms with Crippen LogP contribution in [0.25, 0.3) is 0 Å². The first-order valence-corrected chi connectivity index (χ1v) is 13.5. The topological polar surface area (TPSA) is 89.5 Å². The highest BCUT2D eigenvalue weighted by molar-refractivity contribution is 5.74. The third-order valence-corrected chi connectivity index (χ3v) is 7.64. The first-order chi connectivity index (χ1) is 19.0. The number of methoxy groups -OCH3 is 1. The summed E-state index contributed by atoms with van der Waals surface area (Å²) in [7, 11) is 1.48. The van der Waals surface area contributed by atoms with Crippen LogP contribution in [-0.4, -0.2) is 56.4 Å². The van der Waals surface area contributed by atoms with E-state index in [9.17, 15) is 9.59 Å². The van der Waals surface area contributed by atoms with Crippen molar-refractivity contribution in [3.8, 4) is 0 Å². The van der Waals surface area contributed by atoms with Gasteiger partial charge in [0.25, 0.3) is 0 Å². The molecule has 208 valence electrons. The summed E-state index contributed by atoms with van der Waals surface area (Å²) in [5.41, 5.74) is 1.96. The van der Waals surface area contributed by atoms with Crippen LogP contribution in [0.2, 0.25) is 0 Å². The zero-order valence-electron chi connectivity index (χ0n) is 22.3. The van der Waals surface area contributed by atoms with Gasteiger partial charge in [-0.25, -0.2) is 0 Å². The number of rotatable bonds is 11. The molecular formula is C31H36O8. The average molecular weight is 537 g/mol. The molecule has 1 heterocycles. The molecule has 0 radical (unpaired) electrons. The van der Waals surface area contributed by atoms with Crippen molar-refractivity contribution >= 4 is 11.9 Å². The third kappa shape index (κ3) is 6.76. The van der Waals surface area contributed by atoms with Gasteiger partial charge >= 0.3 is 11.9 Å². The maximum absolute atomic E-state index is 13.3. The lowest BCUT2D eigenvalue weighted by molar-refractivity contribution is -0.310. The fourth-order valence-electron chi connectivity index (χ4n) is 5.76. The lowest BCUT2D eigenvalue weighted by Crippen LogP contribution is -2.62. The number of benzene rings is 2. The van der Waals surface area contributed by atoms with Gasteiger partial charge in [-0.2, -0.15) is 0 Å². The minimum atomic E-state index is -0.999. The lowest BCUT2D eigenvalue weighted by Gasteiger charge is -2.44. The van der Waals surface area contributed by atoms with Gasteiger partial charge < -0.3 is 28.4 Å². The zero-order valence-corrected chi connectivity index (χ0v) is 22.3. The highest BCUT2D eigenvalue weighted by Gasteiger charge is 2.52. The molecule has 1 saturated heterocycles. The maximum atomic E-state index is 13.3. The lowest BCUT2D eigenvalue weighted by atomic mass is 9.93. The van der Waals surface area contributed by atoms with Gasteiger partial charge in [-0.05, 0) is 35.8 Å². The van der Waals surface area contributed by atoms with E-state index in [1.54, 1.807) is 0 Å². The van der Waals surface area contributed by atoms with Crippen molar-refractivity contribution in [2.45, 2.75) is 63.7 Å². The molecule has 2 aromatic carbocycles. The molecule has 8 heteroatoms. The Bertz CT molecular complexity index is 1120. The minimum absolute atomic E-state index is 0.157. The van der Waals surface area contributed by atoms with E-state index in [1.165, 1.54) is 14.0 Å². The van der Waals surface area contributed by atoms with E-state index in [4.69, 9.17) is 28.4 Å². The van der Waals surface area contributed by atoms with E-state index in [-0.39, 0.29) is 31.0 Å². The Kier molecular flexibility index (Phi) is 9.09. The molecule has 0 spiro atoms. The van der Waals surface area contributed by atoms with Crippen molar-refractivity contribution in [1.29, 1.82) is 0 Å². The van der Waals surface area contributed by atoms with E-state index < -0.39 is 36.7 Å². The van der Waals surface area contributed by atoms with Crippen LogP contribution in [0.1, 0.15) is 30.9 Å². The number of allylic oxidation sites excluding steroid dienone is 2. The summed E-state index contributed by atoms with van der Waals surface area (Å²) in [5, 5.41) is 0. The van der Waals surface area contributed by atoms with Gasteiger partial charge in [0.15, 0.2) is 18.5 Å². The van der Waals surface area contributed by atoms with Crippen LogP contribution in [0.15, 0.2) is 72.8 Å². The summed E-state index contributed by atoms with van der Waals surface area (Å²) >= 11 is 0.